The van der Waals surface area contributed by atoms with E-state index in [0.717, 1.165) is 0 Å². The van der Waals surface area contributed by atoms with Crippen LogP contribution in [0.15, 0.2) is 35.7 Å². The van der Waals surface area contributed by atoms with Crippen molar-refractivity contribution >= 4 is 10.0 Å². The molecule has 2 N–H and O–H groups in total. The third-order valence-corrected chi connectivity index (χ3v) is 4.79. The predicted molar refractivity (Wildman–Crippen MR) is 80.5 cm³/mol. The number of aliphatic hydroxyl groups excluding tert-OH is 1. The number of nitrogens with one attached hydrogen (secondary N) is 1. The summed E-state index contributed by atoms with van der Waals surface area (Å²) in [5.41, 5.74) is 0.645. The van der Waals surface area contributed by atoms with Crippen LogP contribution in [0.5, 0.6) is 11.5 Å². The number of hydrogen-bond donors (Lipinski definition) is 2. The van der Waals surface area contributed by atoms with Crippen LogP contribution in [0.2, 0.25) is 0 Å². The number of hydrogen-bond acceptors (Lipinski definition) is 6. The highest BCUT2D eigenvalue weighted by atomic mass is 32.2. The number of sulfonamides is 1. The lowest BCUT2D eigenvalue weighted by molar-refractivity contribution is 0.166. The molecule has 2 heterocycles. The molecule has 0 saturated heterocycles. The van der Waals surface area contributed by atoms with E-state index in [4.69, 9.17) is 9.47 Å². The van der Waals surface area contributed by atoms with Crippen LogP contribution in [0.1, 0.15) is 18.1 Å². The highest BCUT2D eigenvalue weighted by Crippen LogP contribution is 2.34. The number of aliphatic hydroxyl groups is 1. The van der Waals surface area contributed by atoms with E-state index in [1.54, 1.807) is 29.8 Å². The van der Waals surface area contributed by atoms with Crippen LogP contribution < -0.4 is 14.2 Å². The Morgan fingerprint density at radius 3 is 2.91 bits per heavy atom. The largest absolute Gasteiger partial charge is 0.454 e. The van der Waals surface area contributed by atoms with Gasteiger partial charge in [-0.15, -0.1) is 0 Å². The summed E-state index contributed by atoms with van der Waals surface area (Å²) in [6.07, 6.45) is 2.24. The van der Waals surface area contributed by atoms with E-state index in [-0.39, 0.29) is 24.8 Å². The number of ether oxygens (including phenoxy) is 2. The van der Waals surface area contributed by atoms with Gasteiger partial charge in [-0.2, -0.15) is 0 Å². The Morgan fingerprint density at radius 1 is 1.39 bits per heavy atom. The molecule has 0 unspecified atom stereocenters. The van der Waals surface area contributed by atoms with Crippen LogP contribution in [0, 0.1) is 0 Å². The van der Waals surface area contributed by atoms with Crippen molar-refractivity contribution in [3.05, 3.63) is 36.3 Å². The van der Waals surface area contributed by atoms with Gasteiger partial charge in [0.1, 0.15) is 0 Å². The molecule has 1 aliphatic rings. The van der Waals surface area contributed by atoms with Crippen LogP contribution in [-0.2, 0) is 17.1 Å². The smallest absolute Gasteiger partial charge is 0.259 e. The van der Waals surface area contributed by atoms with Crippen molar-refractivity contribution in [1.29, 1.82) is 0 Å². The summed E-state index contributed by atoms with van der Waals surface area (Å²) in [7, 11) is -1.97. The fourth-order valence-corrected chi connectivity index (χ4v) is 3.24. The van der Waals surface area contributed by atoms with Crippen LogP contribution in [-0.4, -0.2) is 36.4 Å². The number of aromatic nitrogens is 2. The predicted octanol–water partition coefficient (Wildman–Crippen LogP) is 0.551. The van der Waals surface area contributed by atoms with E-state index in [9.17, 15) is 13.5 Å². The maximum absolute atomic E-state index is 12.0. The monoisotopic (exact) mass is 339 g/mol. The first-order valence-electron chi connectivity index (χ1n) is 7.01. The van der Waals surface area contributed by atoms with E-state index in [0.29, 0.717) is 17.1 Å². The molecule has 0 radical (unpaired) electrons. The molecule has 8 nitrogen and oxygen atoms in total. The van der Waals surface area contributed by atoms with Crippen molar-refractivity contribution in [3.63, 3.8) is 0 Å². The first-order valence-corrected chi connectivity index (χ1v) is 8.49. The third-order valence-electron chi connectivity index (χ3n) is 3.45. The highest BCUT2D eigenvalue weighted by molar-refractivity contribution is 7.89. The fourth-order valence-electron chi connectivity index (χ4n) is 2.22. The lowest BCUT2D eigenvalue weighted by Gasteiger charge is -2.12. The number of rotatable bonds is 6. The van der Waals surface area contributed by atoms with Gasteiger partial charge in [0.15, 0.2) is 16.5 Å². The van der Waals surface area contributed by atoms with Gasteiger partial charge in [-0.1, -0.05) is 6.07 Å². The lowest BCUT2D eigenvalue weighted by atomic mass is 10.1. The minimum atomic E-state index is -3.66. The minimum absolute atomic E-state index is 0.0439. The number of nitrogens with zero attached hydrogens (tertiary/aromatic N) is 2. The summed E-state index contributed by atoms with van der Waals surface area (Å²) in [5.74, 6) is 1.22. The molecular formula is C14H17N3O5S. The second kappa shape index (κ2) is 6.19. The molecular weight excluding hydrogens is 322 g/mol. The molecule has 2 aromatic rings. The Kier molecular flexibility index (Phi) is 4.24. The maximum atomic E-state index is 12.0. The normalized spacial score (nSPS) is 14.9. The average Bonchev–Trinajstić information content (AvgIpc) is 3.14. The summed E-state index contributed by atoms with van der Waals surface area (Å²) in [6, 6.07) is 5.14. The molecule has 0 bridgehead atoms. The van der Waals surface area contributed by atoms with E-state index in [1.807, 2.05) is 0 Å². The van der Waals surface area contributed by atoms with E-state index >= 15 is 0 Å². The molecule has 1 aromatic heterocycles. The van der Waals surface area contributed by atoms with Gasteiger partial charge in [0.05, 0.1) is 12.4 Å². The van der Waals surface area contributed by atoms with Gasteiger partial charge in [-0.3, -0.25) is 0 Å². The van der Waals surface area contributed by atoms with Crippen LogP contribution in [0.3, 0.4) is 0 Å². The van der Waals surface area contributed by atoms with Gasteiger partial charge < -0.3 is 19.1 Å². The number of fused-ring (bicyclic) bond motifs is 1. The molecule has 9 heteroatoms. The van der Waals surface area contributed by atoms with E-state index in [2.05, 4.69) is 9.71 Å². The van der Waals surface area contributed by atoms with Gasteiger partial charge in [0, 0.05) is 19.8 Å². The number of benzene rings is 1. The van der Waals surface area contributed by atoms with Gasteiger partial charge in [-0.25, -0.2) is 18.1 Å². The average molecular weight is 339 g/mol. The second-order valence-electron chi connectivity index (χ2n) is 5.19. The molecule has 124 valence electrons. The number of aryl methyl sites for hydroxylation is 1. The topological polar surface area (TPSA) is 103 Å². The molecule has 0 fully saturated rings. The summed E-state index contributed by atoms with van der Waals surface area (Å²) in [4.78, 5) is 3.80. The van der Waals surface area contributed by atoms with Crippen molar-refractivity contribution in [3.8, 4) is 11.5 Å². The Bertz CT molecular complexity index is 802. The minimum Gasteiger partial charge on any atom is -0.454 e. The van der Waals surface area contributed by atoms with Gasteiger partial charge in [-0.05, 0) is 24.1 Å². The first kappa shape index (κ1) is 15.8. The van der Waals surface area contributed by atoms with Crippen LogP contribution in [0.4, 0.5) is 0 Å². The SMILES string of the molecule is Cn1cnc(S(=O)(=O)NCC[C@H](O)c2ccc3c(c2)OCO3)c1. The molecule has 1 atom stereocenters. The molecule has 0 spiro atoms. The Morgan fingerprint density at radius 2 is 2.17 bits per heavy atom. The molecule has 0 saturated carbocycles. The summed E-state index contributed by atoms with van der Waals surface area (Å²) >= 11 is 0. The van der Waals surface area contributed by atoms with Crippen molar-refractivity contribution in [2.24, 2.45) is 7.05 Å². The van der Waals surface area contributed by atoms with Crippen molar-refractivity contribution in [2.75, 3.05) is 13.3 Å². The Labute approximate surface area is 133 Å². The van der Waals surface area contributed by atoms with Gasteiger partial charge >= 0.3 is 0 Å². The molecule has 23 heavy (non-hydrogen) atoms. The maximum Gasteiger partial charge on any atom is 0.259 e. The van der Waals surface area contributed by atoms with Crippen LogP contribution >= 0.6 is 0 Å². The fraction of sp³-hybridized carbons (Fsp3) is 0.357. The Hall–Kier alpha value is -2.10. The molecule has 3 rings (SSSR count). The second-order valence-corrected chi connectivity index (χ2v) is 6.91. The zero-order valence-corrected chi connectivity index (χ0v) is 13.3. The van der Waals surface area contributed by atoms with Crippen molar-refractivity contribution < 1.29 is 23.0 Å². The first-order chi connectivity index (χ1) is 11.0. The quantitative estimate of drug-likeness (QED) is 0.797. The lowest BCUT2D eigenvalue weighted by Crippen LogP contribution is -2.26. The van der Waals surface area contributed by atoms with E-state index < -0.39 is 16.1 Å². The summed E-state index contributed by atoms with van der Waals surface area (Å²) < 4.78 is 38.5. The van der Waals surface area contributed by atoms with Gasteiger partial charge in [0.2, 0.25) is 6.79 Å². The standard InChI is InChI=1S/C14H17N3O5S/c1-17-7-14(15-8-17)23(19,20)16-5-4-11(18)10-2-3-12-13(6-10)22-9-21-12/h2-3,6-8,11,16,18H,4-5,9H2,1H3/t11-/m0/s1. The molecule has 1 aromatic carbocycles. The third kappa shape index (κ3) is 3.46. The number of imidazole rings is 1. The molecule has 0 aliphatic carbocycles. The molecule has 1 aliphatic heterocycles. The summed E-state index contributed by atoms with van der Waals surface area (Å²) in [6.45, 7) is 0.257. The van der Waals surface area contributed by atoms with Crippen molar-refractivity contribution in [2.45, 2.75) is 17.6 Å². The summed E-state index contributed by atoms with van der Waals surface area (Å²) in [5, 5.41) is 10.1. The van der Waals surface area contributed by atoms with Gasteiger partial charge in [0.25, 0.3) is 10.0 Å². The van der Waals surface area contributed by atoms with Crippen LogP contribution in [0.25, 0.3) is 0 Å². The molecule has 0 amide bonds. The van der Waals surface area contributed by atoms with Crippen molar-refractivity contribution in [1.82, 2.24) is 14.3 Å². The zero-order chi connectivity index (χ0) is 16.4. The highest BCUT2D eigenvalue weighted by Gasteiger charge is 2.19. The van der Waals surface area contributed by atoms with E-state index in [1.165, 1.54) is 12.5 Å². The zero-order valence-electron chi connectivity index (χ0n) is 12.5. The Balaban J connectivity index is 1.58.